The Hall–Kier alpha value is -2.47. The van der Waals surface area contributed by atoms with E-state index in [-0.39, 0.29) is 17.6 Å². The highest BCUT2D eigenvalue weighted by molar-refractivity contribution is 7.17. The molecule has 0 radical (unpaired) electrons. The largest absolute Gasteiger partial charge is 0.480 e. The summed E-state index contributed by atoms with van der Waals surface area (Å²) in [6.45, 7) is 0. The van der Waals surface area contributed by atoms with Gasteiger partial charge in [-0.05, 0) is 24.3 Å². The number of thiazole rings is 1. The number of aromatic nitrogens is 2. The highest BCUT2D eigenvalue weighted by Crippen LogP contribution is 2.33. The Kier molecular flexibility index (Phi) is 3.53. The maximum Gasteiger partial charge on any atom is 0.277 e. The van der Waals surface area contributed by atoms with Crippen LogP contribution in [0, 0.1) is 5.82 Å². The molecule has 0 bridgehead atoms. The predicted molar refractivity (Wildman–Crippen MR) is 78.2 cm³/mol. The molecule has 2 heterocycles. The summed E-state index contributed by atoms with van der Waals surface area (Å²) in [6.07, 6.45) is 3.31. The molecule has 0 aliphatic rings. The molecule has 3 rings (SSSR count). The van der Waals surface area contributed by atoms with E-state index in [1.165, 1.54) is 35.1 Å². The number of benzene rings is 1. The van der Waals surface area contributed by atoms with Crippen LogP contribution in [0.4, 0.5) is 4.39 Å². The molecule has 0 aliphatic carbocycles. The van der Waals surface area contributed by atoms with E-state index in [1.807, 2.05) is 0 Å². The summed E-state index contributed by atoms with van der Waals surface area (Å²) in [4.78, 5) is 17.0. The van der Waals surface area contributed by atoms with Crippen LogP contribution >= 0.6 is 11.3 Å². The van der Waals surface area contributed by atoms with Crippen molar-refractivity contribution in [1.82, 2.24) is 9.55 Å². The minimum atomic E-state index is -0.347. The minimum Gasteiger partial charge on any atom is -0.480 e. The van der Waals surface area contributed by atoms with Gasteiger partial charge in [-0.3, -0.25) is 9.36 Å². The Bertz CT molecular complexity index is 781. The Labute approximate surface area is 124 Å². The lowest BCUT2D eigenvalue weighted by molar-refractivity contribution is 0.0961. The molecule has 0 amide bonds. The fraction of sp³-hybridized carbons (Fsp3) is 0.0667. The molecule has 1 aromatic carbocycles. The molecular weight excluding hydrogens is 291 g/mol. The zero-order valence-electron chi connectivity index (χ0n) is 11.1. The van der Waals surface area contributed by atoms with Gasteiger partial charge in [-0.2, -0.15) is 0 Å². The lowest BCUT2D eigenvalue weighted by Crippen LogP contribution is -2.08. The van der Waals surface area contributed by atoms with Crippen LogP contribution in [0.25, 0.3) is 10.6 Å². The molecule has 0 aliphatic heterocycles. The third-order valence-electron chi connectivity index (χ3n) is 2.89. The van der Waals surface area contributed by atoms with Crippen molar-refractivity contribution in [2.24, 2.45) is 0 Å². The Morgan fingerprint density at radius 3 is 2.71 bits per heavy atom. The average molecular weight is 302 g/mol. The van der Waals surface area contributed by atoms with Gasteiger partial charge in [-0.25, -0.2) is 9.37 Å². The quantitative estimate of drug-likeness (QED) is 0.744. The normalized spacial score (nSPS) is 10.6. The molecule has 0 spiro atoms. The Balaban J connectivity index is 2.05. The van der Waals surface area contributed by atoms with Gasteiger partial charge in [0.1, 0.15) is 10.8 Å². The van der Waals surface area contributed by atoms with E-state index in [0.717, 1.165) is 0 Å². The summed E-state index contributed by atoms with van der Waals surface area (Å²) < 4.78 is 19.9. The molecule has 0 atom stereocenters. The van der Waals surface area contributed by atoms with E-state index in [9.17, 15) is 9.18 Å². The molecule has 0 fully saturated rings. The summed E-state index contributed by atoms with van der Waals surface area (Å²) in [6, 6.07) is 9.61. The molecule has 0 saturated carbocycles. The van der Waals surface area contributed by atoms with Gasteiger partial charge in [-0.1, -0.05) is 12.1 Å². The summed E-state index contributed by atoms with van der Waals surface area (Å²) in [5.74, 6) is -0.324. The monoisotopic (exact) mass is 302 g/mol. The average Bonchev–Trinajstić information content (AvgIpc) is 3.16. The van der Waals surface area contributed by atoms with Crippen LogP contribution in [-0.4, -0.2) is 22.6 Å². The molecular formula is C15H11FN2O2S. The van der Waals surface area contributed by atoms with Gasteiger partial charge in [0, 0.05) is 18.0 Å². The van der Waals surface area contributed by atoms with Crippen LogP contribution in [-0.2, 0) is 0 Å². The van der Waals surface area contributed by atoms with Gasteiger partial charge >= 0.3 is 0 Å². The third-order valence-corrected chi connectivity index (χ3v) is 3.97. The van der Waals surface area contributed by atoms with Gasteiger partial charge in [-0.15, -0.1) is 11.3 Å². The van der Waals surface area contributed by atoms with Crippen LogP contribution in [0.3, 0.4) is 0 Å². The van der Waals surface area contributed by atoms with Crippen molar-refractivity contribution in [1.29, 1.82) is 0 Å². The number of hydrogen-bond acceptors (Lipinski definition) is 4. The van der Waals surface area contributed by atoms with Crippen LogP contribution in [0.15, 0.2) is 48.8 Å². The van der Waals surface area contributed by atoms with Crippen molar-refractivity contribution in [3.63, 3.8) is 0 Å². The molecule has 0 unspecified atom stereocenters. The summed E-state index contributed by atoms with van der Waals surface area (Å²) >= 11 is 1.18. The van der Waals surface area contributed by atoms with Crippen LogP contribution in [0.1, 0.15) is 9.67 Å². The second-order valence-corrected chi connectivity index (χ2v) is 5.26. The van der Waals surface area contributed by atoms with Gasteiger partial charge < -0.3 is 4.74 Å². The molecule has 4 nitrogen and oxygen atoms in total. The van der Waals surface area contributed by atoms with Gasteiger partial charge in [0.2, 0.25) is 5.88 Å². The standard InChI is InChI=1S/C15H11FN2O2S/c1-20-13-12(15(19)18-7-2-3-8-18)21-14(17-13)10-5-4-6-11(16)9-10/h2-9H,1H3. The van der Waals surface area contributed by atoms with Gasteiger partial charge in [0.05, 0.1) is 7.11 Å². The number of nitrogens with zero attached hydrogens (tertiary/aromatic N) is 2. The van der Waals surface area contributed by atoms with Crippen molar-refractivity contribution < 1.29 is 13.9 Å². The summed E-state index contributed by atoms with van der Waals surface area (Å²) in [7, 11) is 1.46. The smallest absolute Gasteiger partial charge is 0.277 e. The number of carbonyl (C=O) groups is 1. The number of methoxy groups -OCH3 is 1. The first-order chi connectivity index (χ1) is 10.2. The van der Waals surface area contributed by atoms with E-state index in [2.05, 4.69) is 4.98 Å². The van der Waals surface area contributed by atoms with Crippen molar-refractivity contribution in [3.8, 4) is 16.5 Å². The summed E-state index contributed by atoms with van der Waals surface area (Å²) in [5.41, 5.74) is 0.616. The van der Waals surface area contributed by atoms with Crippen molar-refractivity contribution in [2.75, 3.05) is 7.11 Å². The van der Waals surface area contributed by atoms with E-state index >= 15 is 0 Å². The molecule has 3 aromatic rings. The predicted octanol–water partition coefficient (Wildman–Crippen LogP) is 3.45. The van der Waals surface area contributed by atoms with E-state index in [0.29, 0.717) is 15.4 Å². The van der Waals surface area contributed by atoms with E-state index in [1.54, 1.807) is 36.7 Å². The molecule has 2 aromatic heterocycles. The zero-order chi connectivity index (χ0) is 14.8. The molecule has 0 N–H and O–H groups in total. The van der Waals surface area contributed by atoms with Crippen molar-refractivity contribution >= 4 is 17.2 Å². The topological polar surface area (TPSA) is 44.1 Å². The first-order valence-corrected chi connectivity index (χ1v) is 6.99. The summed E-state index contributed by atoms with van der Waals surface area (Å²) in [5, 5.41) is 0.543. The van der Waals surface area contributed by atoms with Crippen LogP contribution < -0.4 is 4.74 Å². The lowest BCUT2D eigenvalue weighted by Gasteiger charge is -2.00. The van der Waals surface area contributed by atoms with Crippen LogP contribution in [0.5, 0.6) is 5.88 Å². The molecule has 106 valence electrons. The van der Waals surface area contributed by atoms with Crippen molar-refractivity contribution in [2.45, 2.75) is 0 Å². The highest BCUT2D eigenvalue weighted by Gasteiger charge is 2.20. The maximum absolute atomic E-state index is 13.3. The van der Waals surface area contributed by atoms with Gasteiger partial charge in [0.15, 0.2) is 4.88 Å². The third kappa shape index (κ3) is 2.57. The van der Waals surface area contributed by atoms with E-state index < -0.39 is 0 Å². The lowest BCUT2D eigenvalue weighted by atomic mass is 10.2. The first kappa shape index (κ1) is 13.5. The first-order valence-electron chi connectivity index (χ1n) is 6.17. The Morgan fingerprint density at radius 2 is 2.05 bits per heavy atom. The molecule has 6 heteroatoms. The number of rotatable bonds is 3. The SMILES string of the molecule is COc1nc(-c2cccc(F)c2)sc1C(=O)n1cccc1. The maximum atomic E-state index is 13.3. The number of halogens is 1. The molecule has 0 saturated heterocycles. The highest BCUT2D eigenvalue weighted by atomic mass is 32.1. The van der Waals surface area contributed by atoms with E-state index in [4.69, 9.17) is 4.74 Å². The number of ether oxygens (including phenoxy) is 1. The second kappa shape index (κ2) is 5.49. The number of hydrogen-bond donors (Lipinski definition) is 0. The zero-order valence-corrected chi connectivity index (χ0v) is 11.9. The fourth-order valence-electron chi connectivity index (χ4n) is 1.91. The van der Waals surface area contributed by atoms with Gasteiger partial charge in [0.25, 0.3) is 5.91 Å². The fourth-order valence-corrected chi connectivity index (χ4v) is 2.89. The minimum absolute atomic E-state index is 0.225. The Morgan fingerprint density at radius 1 is 1.29 bits per heavy atom. The molecule has 21 heavy (non-hydrogen) atoms. The number of carbonyl (C=O) groups excluding carboxylic acids is 1. The second-order valence-electron chi connectivity index (χ2n) is 4.26. The van der Waals surface area contributed by atoms with Crippen molar-refractivity contribution in [3.05, 3.63) is 59.5 Å². The van der Waals surface area contributed by atoms with Crippen LogP contribution in [0.2, 0.25) is 0 Å².